The van der Waals surface area contributed by atoms with E-state index in [2.05, 4.69) is 37.4 Å². The van der Waals surface area contributed by atoms with Crippen LogP contribution >= 0.6 is 0 Å². The van der Waals surface area contributed by atoms with E-state index in [4.69, 9.17) is 0 Å². The summed E-state index contributed by atoms with van der Waals surface area (Å²) in [6.07, 6.45) is 4.82. The molecule has 2 aromatic carbocycles. The molecule has 2 rings (SSSR count). The molecule has 0 aliphatic heterocycles. The molecule has 0 unspecified atom stereocenters. The van der Waals surface area contributed by atoms with E-state index in [-0.39, 0.29) is 17.4 Å². The summed E-state index contributed by atoms with van der Waals surface area (Å²) in [4.78, 5) is 11.8. The largest absolute Gasteiger partial charge is 0.504 e. The highest BCUT2D eigenvalue weighted by Crippen LogP contribution is 2.25. The van der Waals surface area contributed by atoms with Crippen LogP contribution in [-0.2, 0) is 11.2 Å². The third-order valence-corrected chi connectivity index (χ3v) is 3.94. The molecule has 0 aliphatic carbocycles. The number of nitrogens with one attached hydrogen (secondary N) is 1. The highest BCUT2D eigenvalue weighted by Gasteiger charge is 2.00. The SMILES string of the molecule is Cc1ccc(CCCNC(=O)/C=C/c2ccc(O)c(O)c2)cc1C. The first-order chi connectivity index (χ1) is 11.5. The third kappa shape index (κ3) is 5.16. The van der Waals surface area contributed by atoms with Crippen LogP contribution in [0.3, 0.4) is 0 Å². The molecule has 2 aromatic rings. The number of carbonyl (C=O) groups excluding carboxylic acids is 1. The Kier molecular flexibility index (Phi) is 6.01. The lowest BCUT2D eigenvalue weighted by molar-refractivity contribution is -0.116. The summed E-state index contributed by atoms with van der Waals surface area (Å²) >= 11 is 0. The fraction of sp³-hybridized carbons (Fsp3) is 0.250. The lowest BCUT2D eigenvalue weighted by atomic mass is 10.0. The van der Waals surface area contributed by atoms with Crippen molar-refractivity contribution in [1.29, 1.82) is 0 Å². The minimum atomic E-state index is -0.203. The third-order valence-electron chi connectivity index (χ3n) is 3.94. The van der Waals surface area contributed by atoms with Crippen LogP contribution in [0.4, 0.5) is 0 Å². The van der Waals surface area contributed by atoms with Crippen LogP contribution in [0.2, 0.25) is 0 Å². The van der Waals surface area contributed by atoms with Crippen molar-refractivity contribution in [3.05, 3.63) is 64.7 Å². The van der Waals surface area contributed by atoms with Crippen molar-refractivity contribution < 1.29 is 15.0 Å². The quantitative estimate of drug-likeness (QED) is 0.433. The minimum Gasteiger partial charge on any atom is -0.504 e. The predicted molar refractivity (Wildman–Crippen MR) is 96.1 cm³/mol. The zero-order valence-corrected chi connectivity index (χ0v) is 14.0. The highest BCUT2D eigenvalue weighted by molar-refractivity contribution is 5.91. The Hall–Kier alpha value is -2.75. The van der Waals surface area contributed by atoms with Gasteiger partial charge in [-0.15, -0.1) is 0 Å². The second-order valence-electron chi connectivity index (χ2n) is 5.89. The molecule has 126 valence electrons. The Balaban J connectivity index is 1.75. The number of phenolic OH excluding ortho intramolecular Hbond substituents is 2. The van der Waals surface area contributed by atoms with Crippen LogP contribution in [0, 0.1) is 13.8 Å². The van der Waals surface area contributed by atoms with Crippen LogP contribution in [0.25, 0.3) is 6.08 Å². The Morgan fingerprint density at radius 3 is 2.54 bits per heavy atom. The van der Waals surface area contributed by atoms with Gasteiger partial charge in [-0.05, 0) is 67.2 Å². The van der Waals surface area contributed by atoms with Gasteiger partial charge in [0.25, 0.3) is 0 Å². The predicted octanol–water partition coefficient (Wildman–Crippen LogP) is 3.48. The molecule has 0 bridgehead atoms. The number of benzene rings is 2. The molecule has 0 aromatic heterocycles. The van der Waals surface area contributed by atoms with Gasteiger partial charge in [0.05, 0.1) is 0 Å². The van der Waals surface area contributed by atoms with E-state index < -0.39 is 0 Å². The van der Waals surface area contributed by atoms with E-state index in [1.807, 2.05) is 0 Å². The molecule has 0 fully saturated rings. The number of aromatic hydroxyl groups is 2. The van der Waals surface area contributed by atoms with Crippen LogP contribution < -0.4 is 5.32 Å². The van der Waals surface area contributed by atoms with Gasteiger partial charge in [-0.3, -0.25) is 4.79 Å². The van der Waals surface area contributed by atoms with Crippen LogP contribution in [0.5, 0.6) is 11.5 Å². The average molecular weight is 325 g/mol. The van der Waals surface area contributed by atoms with E-state index in [1.165, 1.54) is 34.9 Å². The van der Waals surface area contributed by atoms with Gasteiger partial charge < -0.3 is 15.5 Å². The number of phenols is 2. The molecule has 0 spiro atoms. The first-order valence-corrected chi connectivity index (χ1v) is 8.00. The van der Waals surface area contributed by atoms with E-state index in [0.717, 1.165) is 12.8 Å². The summed E-state index contributed by atoms with van der Waals surface area (Å²) in [5.41, 5.74) is 4.51. The summed E-state index contributed by atoms with van der Waals surface area (Å²) < 4.78 is 0. The topological polar surface area (TPSA) is 69.6 Å². The standard InChI is InChI=1S/C20H23NO3/c1-14-5-6-16(12-15(14)2)4-3-11-21-20(24)10-8-17-7-9-18(22)19(23)13-17/h5-10,12-13,22-23H,3-4,11H2,1-2H3,(H,21,24)/b10-8+. The maximum absolute atomic E-state index is 11.8. The van der Waals surface area contributed by atoms with Gasteiger partial charge in [0, 0.05) is 12.6 Å². The molecule has 0 atom stereocenters. The number of hydrogen-bond acceptors (Lipinski definition) is 3. The van der Waals surface area contributed by atoms with Gasteiger partial charge in [0.1, 0.15) is 0 Å². The van der Waals surface area contributed by atoms with Crippen molar-refractivity contribution in [2.24, 2.45) is 0 Å². The molecule has 4 heteroatoms. The fourth-order valence-corrected chi connectivity index (χ4v) is 2.34. The highest BCUT2D eigenvalue weighted by atomic mass is 16.3. The zero-order chi connectivity index (χ0) is 17.5. The van der Waals surface area contributed by atoms with E-state index in [0.29, 0.717) is 12.1 Å². The van der Waals surface area contributed by atoms with Crippen LogP contribution in [-0.4, -0.2) is 22.7 Å². The van der Waals surface area contributed by atoms with Crippen molar-refractivity contribution in [3.8, 4) is 11.5 Å². The summed E-state index contributed by atoms with van der Waals surface area (Å²) in [5.74, 6) is -0.559. The van der Waals surface area contributed by atoms with Gasteiger partial charge in [-0.1, -0.05) is 24.3 Å². The molecule has 0 radical (unpaired) electrons. The van der Waals surface area contributed by atoms with Crippen molar-refractivity contribution in [2.75, 3.05) is 6.54 Å². The summed E-state index contributed by atoms with van der Waals surface area (Å²) in [7, 11) is 0. The molecule has 0 heterocycles. The number of rotatable bonds is 6. The number of hydrogen-bond donors (Lipinski definition) is 3. The molecule has 0 saturated carbocycles. The monoisotopic (exact) mass is 325 g/mol. The molecule has 0 aliphatic rings. The van der Waals surface area contributed by atoms with Crippen molar-refractivity contribution in [3.63, 3.8) is 0 Å². The Bertz CT molecular complexity index is 751. The number of amides is 1. The fourth-order valence-electron chi connectivity index (χ4n) is 2.34. The van der Waals surface area contributed by atoms with Crippen molar-refractivity contribution in [2.45, 2.75) is 26.7 Å². The van der Waals surface area contributed by atoms with E-state index in [1.54, 1.807) is 12.1 Å². The maximum Gasteiger partial charge on any atom is 0.243 e. The Labute approximate surface area is 142 Å². The maximum atomic E-state index is 11.8. The Morgan fingerprint density at radius 2 is 1.83 bits per heavy atom. The molecular weight excluding hydrogens is 302 g/mol. The van der Waals surface area contributed by atoms with Crippen LogP contribution in [0.1, 0.15) is 28.7 Å². The number of carbonyl (C=O) groups is 1. The van der Waals surface area contributed by atoms with E-state index in [9.17, 15) is 15.0 Å². The molecular formula is C20H23NO3. The smallest absolute Gasteiger partial charge is 0.243 e. The van der Waals surface area contributed by atoms with Crippen LogP contribution in [0.15, 0.2) is 42.5 Å². The second-order valence-corrected chi connectivity index (χ2v) is 5.89. The molecule has 24 heavy (non-hydrogen) atoms. The van der Waals surface area contributed by atoms with Crippen molar-refractivity contribution >= 4 is 12.0 Å². The summed E-state index contributed by atoms with van der Waals surface area (Å²) in [6.45, 7) is 4.81. The van der Waals surface area contributed by atoms with Gasteiger partial charge >= 0.3 is 0 Å². The first kappa shape index (κ1) is 17.6. The number of aryl methyl sites for hydroxylation is 3. The molecule has 4 nitrogen and oxygen atoms in total. The Morgan fingerprint density at radius 1 is 1.04 bits per heavy atom. The van der Waals surface area contributed by atoms with Gasteiger partial charge in [0.15, 0.2) is 11.5 Å². The molecule has 3 N–H and O–H groups in total. The summed E-state index contributed by atoms with van der Waals surface area (Å²) in [6, 6.07) is 10.8. The lowest BCUT2D eigenvalue weighted by Crippen LogP contribution is -2.22. The van der Waals surface area contributed by atoms with Crippen molar-refractivity contribution in [1.82, 2.24) is 5.32 Å². The summed E-state index contributed by atoms with van der Waals surface area (Å²) in [5, 5.41) is 21.5. The zero-order valence-electron chi connectivity index (χ0n) is 14.0. The first-order valence-electron chi connectivity index (χ1n) is 8.00. The lowest BCUT2D eigenvalue weighted by Gasteiger charge is -2.06. The minimum absolute atomic E-state index is 0.178. The van der Waals surface area contributed by atoms with Gasteiger partial charge in [-0.25, -0.2) is 0 Å². The molecule has 1 amide bonds. The normalized spacial score (nSPS) is 10.9. The van der Waals surface area contributed by atoms with E-state index >= 15 is 0 Å². The van der Waals surface area contributed by atoms with Gasteiger partial charge in [-0.2, -0.15) is 0 Å². The second kappa shape index (κ2) is 8.20. The molecule has 0 saturated heterocycles. The van der Waals surface area contributed by atoms with Gasteiger partial charge in [0.2, 0.25) is 5.91 Å². The average Bonchev–Trinajstić information content (AvgIpc) is 2.56.